The summed E-state index contributed by atoms with van der Waals surface area (Å²) in [5, 5.41) is 2.83. The van der Waals surface area contributed by atoms with Crippen LogP contribution in [0, 0.1) is 6.92 Å². The number of aryl methyl sites for hydroxylation is 1. The molecule has 33 heavy (non-hydrogen) atoms. The van der Waals surface area contributed by atoms with Crippen LogP contribution in [0.15, 0.2) is 72.9 Å². The van der Waals surface area contributed by atoms with Gasteiger partial charge in [0.05, 0.1) is 25.1 Å². The topological polar surface area (TPSA) is 71.5 Å². The molecule has 6 nitrogen and oxygen atoms in total. The molecule has 2 heterocycles. The standard InChI is InChI=1S/C27H27N3O3/c1-20-4-2-7-23(16-20)25(31)18-22-6-3-5-21(17-22)8-11-27(32)29-24-9-10-26(28-19-24)30-12-14-33-15-13-30/h2-11,16-17,19H,12-15,18H2,1H3,(H,29,32)/b11-8+. The third kappa shape index (κ3) is 6.37. The minimum absolute atomic E-state index is 0.0746. The van der Waals surface area contributed by atoms with Crippen molar-refractivity contribution in [2.75, 3.05) is 36.5 Å². The van der Waals surface area contributed by atoms with Gasteiger partial charge < -0.3 is 15.0 Å². The SMILES string of the molecule is Cc1cccc(C(=O)Cc2cccc(/C=C/C(=O)Nc3ccc(N4CCOCC4)nc3)c2)c1. The van der Waals surface area contributed by atoms with E-state index in [0.29, 0.717) is 30.9 Å². The number of nitrogens with one attached hydrogen (secondary N) is 1. The summed E-state index contributed by atoms with van der Waals surface area (Å²) >= 11 is 0. The molecule has 168 valence electrons. The van der Waals surface area contributed by atoms with Crippen molar-refractivity contribution in [3.8, 4) is 0 Å². The number of hydrogen-bond acceptors (Lipinski definition) is 5. The second-order valence-electron chi connectivity index (χ2n) is 8.04. The summed E-state index contributed by atoms with van der Waals surface area (Å²) in [6.45, 7) is 5.01. The summed E-state index contributed by atoms with van der Waals surface area (Å²) in [5.41, 5.74) is 4.18. The van der Waals surface area contributed by atoms with Crippen molar-refractivity contribution in [2.45, 2.75) is 13.3 Å². The quantitative estimate of drug-likeness (QED) is 0.437. The Hall–Kier alpha value is -3.77. The highest BCUT2D eigenvalue weighted by molar-refractivity contribution is 6.02. The Morgan fingerprint density at radius 2 is 1.88 bits per heavy atom. The van der Waals surface area contributed by atoms with Crippen LogP contribution in [0.1, 0.15) is 27.0 Å². The molecular weight excluding hydrogens is 414 g/mol. The highest BCUT2D eigenvalue weighted by Crippen LogP contribution is 2.16. The Balaban J connectivity index is 1.34. The molecular formula is C27H27N3O3. The molecule has 1 aliphatic heterocycles. The molecule has 1 saturated heterocycles. The highest BCUT2D eigenvalue weighted by atomic mass is 16.5. The molecule has 0 saturated carbocycles. The molecule has 1 aliphatic rings. The van der Waals surface area contributed by atoms with Crippen molar-refractivity contribution < 1.29 is 14.3 Å². The number of hydrogen-bond donors (Lipinski definition) is 1. The molecule has 1 N–H and O–H groups in total. The van der Waals surface area contributed by atoms with E-state index in [0.717, 1.165) is 35.6 Å². The van der Waals surface area contributed by atoms with Crippen molar-refractivity contribution in [1.82, 2.24) is 4.98 Å². The number of ether oxygens (including phenoxy) is 1. The molecule has 6 heteroatoms. The normalized spacial score (nSPS) is 13.8. The van der Waals surface area contributed by atoms with Gasteiger partial charge >= 0.3 is 0 Å². The number of aromatic nitrogens is 1. The lowest BCUT2D eigenvalue weighted by molar-refractivity contribution is -0.111. The van der Waals surface area contributed by atoms with E-state index in [2.05, 4.69) is 15.2 Å². The summed E-state index contributed by atoms with van der Waals surface area (Å²) < 4.78 is 5.36. The van der Waals surface area contributed by atoms with Gasteiger partial charge in [0.2, 0.25) is 5.91 Å². The Labute approximate surface area is 193 Å². The van der Waals surface area contributed by atoms with E-state index >= 15 is 0 Å². The maximum absolute atomic E-state index is 12.6. The first kappa shape index (κ1) is 22.4. The number of nitrogens with zero attached hydrogens (tertiary/aromatic N) is 2. The number of carbonyl (C=O) groups is 2. The zero-order chi connectivity index (χ0) is 23.0. The highest BCUT2D eigenvalue weighted by Gasteiger charge is 2.12. The second kappa shape index (κ2) is 10.7. The van der Waals surface area contributed by atoms with Gasteiger partial charge in [-0.25, -0.2) is 4.98 Å². The smallest absolute Gasteiger partial charge is 0.248 e. The first-order chi connectivity index (χ1) is 16.1. The molecule has 0 unspecified atom stereocenters. The molecule has 3 aromatic rings. The van der Waals surface area contributed by atoms with Crippen molar-refractivity contribution in [1.29, 1.82) is 0 Å². The van der Waals surface area contributed by atoms with Crippen molar-refractivity contribution in [3.05, 3.63) is 95.2 Å². The van der Waals surface area contributed by atoms with Crippen LogP contribution in [-0.4, -0.2) is 43.0 Å². The van der Waals surface area contributed by atoms with Crippen LogP contribution >= 0.6 is 0 Å². The Morgan fingerprint density at radius 3 is 2.64 bits per heavy atom. The van der Waals surface area contributed by atoms with E-state index in [-0.39, 0.29) is 11.7 Å². The van der Waals surface area contributed by atoms with Crippen molar-refractivity contribution in [3.63, 3.8) is 0 Å². The molecule has 4 rings (SSSR count). The second-order valence-corrected chi connectivity index (χ2v) is 8.04. The minimum Gasteiger partial charge on any atom is -0.378 e. The lowest BCUT2D eigenvalue weighted by Crippen LogP contribution is -2.36. The molecule has 0 bridgehead atoms. The fourth-order valence-corrected chi connectivity index (χ4v) is 3.71. The monoisotopic (exact) mass is 441 g/mol. The summed E-state index contributed by atoms with van der Waals surface area (Å²) in [4.78, 5) is 31.5. The lowest BCUT2D eigenvalue weighted by atomic mass is 10.00. The average molecular weight is 442 g/mol. The van der Waals surface area contributed by atoms with Gasteiger partial charge in [-0.05, 0) is 42.3 Å². The van der Waals surface area contributed by atoms with Crippen LogP contribution in [0.25, 0.3) is 6.08 Å². The molecule has 0 atom stereocenters. The number of carbonyl (C=O) groups excluding carboxylic acids is 2. The maximum Gasteiger partial charge on any atom is 0.248 e. The van der Waals surface area contributed by atoms with Crippen LogP contribution in [-0.2, 0) is 16.0 Å². The first-order valence-corrected chi connectivity index (χ1v) is 11.0. The van der Waals surface area contributed by atoms with Gasteiger partial charge in [-0.1, -0.05) is 48.0 Å². The van der Waals surface area contributed by atoms with E-state index in [9.17, 15) is 9.59 Å². The molecule has 0 radical (unpaired) electrons. The molecule has 2 aromatic carbocycles. The third-order valence-corrected chi connectivity index (χ3v) is 5.43. The predicted octanol–water partition coefficient (Wildman–Crippen LogP) is 4.30. The van der Waals surface area contributed by atoms with Crippen LogP contribution in [0.2, 0.25) is 0 Å². The zero-order valence-corrected chi connectivity index (χ0v) is 18.7. The number of rotatable bonds is 7. The fourth-order valence-electron chi connectivity index (χ4n) is 3.71. The Bertz CT molecular complexity index is 1150. The van der Waals surface area contributed by atoms with Gasteiger partial charge in [0.25, 0.3) is 0 Å². The first-order valence-electron chi connectivity index (χ1n) is 11.0. The van der Waals surface area contributed by atoms with Gasteiger partial charge in [0.15, 0.2) is 5.78 Å². The number of pyridine rings is 1. The van der Waals surface area contributed by atoms with Gasteiger partial charge in [-0.2, -0.15) is 0 Å². The van der Waals surface area contributed by atoms with E-state index < -0.39 is 0 Å². The van der Waals surface area contributed by atoms with Crippen molar-refractivity contribution in [2.24, 2.45) is 0 Å². The number of Topliss-reactive ketones (excluding diaryl/α,β-unsaturated/α-hetero) is 1. The molecule has 0 aliphatic carbocycles. The summed E-state index contributed by atoms with van der Waals surface area (Å²) in [7, 11) is 0. The minimum atomic E-state index is -0.239. The Kier molecular flexibility index (Phi) is 7.27. The fraction of sp³-hybridized carbons (Fsp3) is 0.222. The molecule has 0 spiro atoms. The predicted molar refractivity (Wildman–Crippen MR) is 131 cm³/mol. The van der Waals surface area contributed by atoms with Crippen LogP contribution < -0.4 is 10.2 Å². The Morgan fingerprint density at radius 1 is 1.06 bits per heavy atom. The van der Waals surface area contributed by atoms with Crippen LogP contribution in [0.3, 0.4) is 0 Å². The third-order valence-electron chi connectivity index (χ3n) is 5.43. The van der Waals surface area contributed by atoms with Gasteiger partial charge in [0, 0.05) is 31.1 Å². The molecule has 1 amide bonds. The van der Waals surface area contributed by atoms with E-state index in [1.54, 1.807) is 12.3 Å². The van der Waals surface area contributed by atoms with E-state index in [4.69, 9.17) is 4.74 Å². The largest absolute Gasteiger partial charge is 0.378 e. The van der Waals surface area contributed by atoms with Crippen LogP contribution in [0.5, 0.6) is 0 Å². The zero-order valence-electron chi connectivity index (χ0n) is 18.7. The summed E-state index contributed by atoms with van der Waals surface area (Å²) in [6, 6.07) is 19.0. The van der Waals surface area contributed by atoms with E-state index in [1.807, 2.05) is 67.6 Å². The number of amides is 1. The van der Waals surface area contributed by atoms with Gasteiger partial charge in [-0.15, -0.1) is 0 Å². The number of ketones is 1. The number of morpholine rings is 1. The van der Waals surface area contributed by atoms with Gasteiger partial charge in [-0.3, -0.25) is 9.59 Å². The van der Waals surface area contributed by atoms with E-state index in [1.165, 1.54) is 6.08 Å². The average Bonchev–Trinajstić information content (AvgIpc) is 2.84. The van der Waals surface area contributed by atoms with Crippen molar-refractivity contribution >= 4 is 29.3 Å². The van der Waals surface area contributed by atoms with Crippen LogP contribution in [0.4, 0.5) is 11.5 Å². The van der Waals surface area contributed by atoms with Gasteiger partial charge in [0.1, 0.15) is 5.82 Å². The summed E-state index contributed by atoms with van der Waals surface area (Å²) in [6.07, 6.45) is 5.20. The lowest BCUT2D eigenvalue weighted by Gasteiger charge is -2.27. The summed E-state index contributed by atoms with van der Waals surface area (Å²) in [5.74, 6) is 0.714. The molecule has 1 fully saturated rings. The molecule has 1 aromatic heterocycles. The number of benzene rings is 2. The maximum atomic E-state index is 12.6. The number of anilines is 2.